The summed E-state index contributed by atoms with van der Waals surface area (Å²) < 4.78 is 0. The molecule has 120 valence electrons. The van der Waals surface area contributed by atoms with E-state index in [9.17, 15) is 14.7 Å². The van der Waals surface area contributed by atoms with Crippen molar-refractivity contribution in [2.75, 3.05) is 5.75 Å². The van der Waals surface area contributed by atoms with Crippen LogP contribution in [0.1, 0.15) is 38.7 Å². The molecular formula is C17H23NO3S. The largest absolute Gasteiger partial charge is 0.480 e. The predicted octanol–water partition coefficient (Wildman–Crippen LogP) is 3.19. The second-order valence-corrected chi connectivity index (χ2v) is 7.09. The normalized spacial score (nSPS) is 22.8. The molecule has 3 atom stereocenters. The molecule has 1 N–H and O–H groups in total. The molecule has 1 aliphatic heterocycles. The van der Waals surface area contributed by atoms with Crippen LogP contribution in [-0.4, -0.2) is 39.1 Å². The number of nitrogens with zero attached hydrogens (tertiary/aromatic N) is 1. The predicted molar refractivity (Wildman–Crippen MR) is 88.8 cm³/mol. The van der Waals surface area contributed by atoms with E-state index in [4.69, 9.17) is 0 Å². The lowest BCUT2D eigenvalue weighted by Gasteiger charge is -2.32. The Bertz CT molecular complexity index is 532. The molecule has 5 heteroatoms. The van der Waals surface area contributed by atoms with Gasteiger partial charge in [0.15, 0.2) is 0 Å². The summed E-state index contributed by atoms with van der Waals surface area (Å²) in [6.45, 7) is 6.04. The summed E-state index contributed by atoms with van der Waals surface area (Å²) in [5.74, 6) is -0.555. The molecule has 0 spiro atoms. The number of carboxylic acid groups (broad SMARTS) is 1. The molecular weight excluding hydrogens is 298 g/mol. The first-order valence-corrected chi connectivity index (χ1v) is 8.73. The van der Waals surface area contributed by atoms with Gasteiger partial charge in [0.25, 0.3) is 0 Å². The molecule has 1 aromatic carbocycles. The van der Waals surface area contributed by atoms with Gasteiger partial charge in [-0.2, -0.15) is 0 Å². The number of hydrogen-bond acceptors (Lipinski definition) is 3. The van der Waals surface area contributed by atoms with Gasteiger partial charge >= 0.3 is 5.97 Å². The summed E-state index contributed by atoms with van der Waals surface area (Å²) in [4.78, 5) is 26.2. The zero-order valence-corrected chi connectivity index (χ0v) is 14.0. The minimum atomic E-state index is -0.910. The zero-order valence-electron chi connectivity index (χ0n) is 13.2. The van der Waals surface area contributed by atoms with Gasteiger partial charge in [-0.1, -0.05) is 51.1 Å². The van der Waals surface area contributed by atoms with Crippen LogP contribution in [0.25, 0.3) is 0 Å². The van der Waals surface area contributed by atoms with E-state index in [1.807, 2.05) is 51.1 Å². The van der Waals surface area contributed by atoms with Crippen LogP contribution in [-0.2, 0) is 9.59 Å². The zero-order chi connectivity index (χ0) is 16.3. The number of rotatable bonds is 5. The molecule has 3 unspecified atom stereocenters. The molecule has 0 radical (unpaired) electrons. The van der Waals surface area contributed by atoms with Crippen molar-refractivity contribution in [1.82, 2.24) is 4.90 Å². The molecule has 1 saturated heterocycles. The number of aliphatic carboxylic acids is 1. The molecule has 22 heavy (non-hydrogen) atoms. The fourth-order valence-corrected chi connectivity index (χ4v) is 4.41. The molecule has 0 aromatic heterocycles. The van der Waals surface area contributed by atoms with Crippen molar-refractivity contribution < 1.29 is 14.7 Å². The van der Waals surface area contributed by atoms with Crippen LogP contribution in [0.15, 0.2) is 30.3 Å². The Morgan fingerprint density at radius 2 is 1.95 bits per heavy atom. The molecule has 0 saturated carbocycles. The molecule has 1 fully saturated rings. The van der Waals surface area contributed by atoms with Crippen molar-refractivity contribution in [3.05, 3.63) is 35.9 Å². The third kappa shape index (κ3) is 3.29. The van der Waals surface area contributed by atoms with Crippen molar-refractivity contribution in [3.8, 4) is 0 Å². The van der Waals surface area contributed by atoms with Crippen molar-refractivity contribution >= 4 is 23.6 Å². The molecule has 2 rings (SSSR count). The molecule has 1 aromatic rings. The highest BCUT2D eigenvalue weighted by atomic mass is 32.2. The molecule has 1 heterocycles. The van der Waals surface area contributed by atoms with Gasteiger partial charge in [-0.3, -0.25) is 4.79 Å². The van der Waals surface area contributed by atoms with E-state index in [2.05, 4.69) is 0 Å². The summed E-state index contributed by atoms with van der Waals surface area (Å²) in [6, 6.07) is 8.91. The lowest BCUT2D eigenvalue weighted by Crippen LogP contribution is -2.48. The Balaban J connectivity index is 2.32. The highest BCUT2D eigenvalue weighted by Gasteiger charge is 2.44. The fraction of sp³-hybridized carbons (Fsp3) is 0.529. The van der Waals surface area contributed by atoms with Crippen LogP contribution in [0.4, 0.5) is 0 Å². The van der Waals surface area contributed by atoms with Gasteiger partial charge in [-0.25, -0.2) is 4.79 Å². The average molecular weight is 321 g/mol. The summed E-state index contributed by atoms with van der Waals surface area (Å²) in [5.41, 5.74) is 0.957. The van der Waals surface area contributed by atoms with Gasteiger partial charge in [-0.05, 0) is 17.9 Å². The smallest absolute Gasteiger partial charge is 0.327 e. The highest BCUT2D eigenvalue weighted by molar-refractivity contribution is 8.00. The number of amides is 1. The quantitative estimate of drug-likeness (QED) is 0.905. The molecule has 0 aliphatic carbocycles. The molecule has 1 aliphatic rings. The maximum atomic E-state index is 13.1. The Hall–Kier alpha value is -1.49. The van der Waals surface area contributed by atoms with Crippen molar-refractivity contribution in [3.63, 3.8) is 0 Å². The van der Waals surface area contributed by atoms with E-state index < -0.39 is 12.0 Å². The van der Waals surface area contributed by atoms with Crippen LogP contribution in [0.3, 0.4) is 0 Å². The maximum Gasteiger partial charge on any atom is 0.327 e. The van der Waals surface area contributed by atoms with E-state index in [0.29, 0.717) is 12.2 Å². The van der Waals surface area contributed by atoms with Gasteiger partial charge in [0.2, 0.25) is 5.91 Å². The molecule has 4 nitrogen and oxygen atoms in total. The maximum absolute atomic E-state index is 13.1. The van der Waals surface area contributed by atoms with E-state index >= 15 is 0 Å². The number of carboxylic acids is 1. The summed E-state index contributed by atoms with van der Waals surface area (Å²) in [5, 5.41) is 9.39. The lowest BCUT2D eigenvalue weighted by atomic mass is 9.94. The van der Waals surface area contributed by atoms with E-state index in [0.717, 1.165) is 5.56 Å². The second kappa shape index (κ2) is 7.18. The van der Waals surface area contributed by atoms with Gasteiger partial charge in [-0.15, -0.1) is 11.8 Å². The van der Waals surface area contributed by atoms with E-state index in [-0.39, 0.29) is 23.1 Å². The van der Waals surface area contributed by atoms with Gasteiger partial charge < -0.3 is 10.0 Å². The Kier molecular flexibility index (Phi) is 5.51. The van der Waals surface area contributed by atoms with Crippen LogP contribution >= 0.6 is 11.8 Å². The van der Waals surface area contributed by atoms with Crippen molar-refractivity contribution in [2.45, 2.75) is 44.5 Å². The number of benzene rings is 1. The van der Waals surface area contributed by atoms with Gasteiger partial charge in [0.1, 0.15) is 6.04 Å². The number of hydrogen-bond donors (Lipinski definition) is 1. The average Bonchev–Trinajstić information content (AvgIpc) is 2.94. The Morgan fingerprint density at radius 3 is 2.45 bits per heavy atom. The minimum absolute atomic E-state index is 0.0636. The second-order valence-electron chi connectivity index (χ2n) is 5.94. The topological polar surface area (TPSA) is 57.6 Å². The van der Waals surface area contributed by atoms with Crippen molar-refractivity contribution in [2.24, 2.45) is 5.92 Å². The number of carbonyl (C=O) groups excluding carboxylic acids is 1. The number of thioether (sulfide) groups is 1. The van der Waals surface area contributed by atoms with E-state index in [1.165, 1.54) is 0 Å². The third-order valence-electron chi connectivity index (χ3n) is 4.05. The van der Waals surface area contributed by atoms with Crippen LogP contribution in [0, 0.1) is 5.92 Å². The van der Waals surface area contributed by atoms with Crippen LogP contribution in [0.2, 0.25) is 0 Å². The third-order valence-corrected chi connectivity index (χ3v) is 5.67. The molecule has 0 bridgehead atoms. The monoisotopic (exact) mass is 321 g/mol. The standard InChI is InChI=1S/C17H23NO3S/c1-4-13(12-8-6-5-7-9-12)15(19)18-14(17(20)21)10-22-16(18)11(2)3/h5-9,11,13-14,16H,4,10H2,1-3H3,(H,20,21). The van der Waals surface area contributed by atoms with Gasteiger partial charge in [0, 0.05) is 5.75 Å². The first-order chi connectivity index (χ1) is 10.5. The lowest BCUT2D eigenvalue weighted by molar-refractivity contribution is -0.150. The minimum Gasteiger partial charge on any atom is -0.480 e. The Labute approximate surface area is 135 Å². The molecule has 1 amide bonds. The van der Waals surface area contributed by atoms with E-state index in [1.54, 1.807) is 16.7 Å². The van der Waals surface area contributed by atoms with Crippen LogP contribution in [0.5, 0.6) is 0 Å². The van der Waals surface area contributed by atoms with Crippen molar-refractivity contribution in [1.29, 1.82) is 0 Å². The van der Waals surface area contributed by atoms with Gasteiger partial charge in [0.05, 0.1) is 11.3 Å². The summed E-state index contributed by atoms with van der Waals surface area (Å²) in [6.07, 6.45) is 0.668. The number of carbonyl (C=O) groups is 2. The first-order valence-electron chi connectivity index (χ1n) is 7.68. The summed E-state index contributed by atoms with van der Waals surface area (Å²) >= 11 is 1.57. The highest BCUT2D eigenvalue weighted by Crippen LogP contribution is 2.37. The van der Waals surface area contributed by atoms with Crippen LogP contribution < -0.4 is 0 Å². The first kappa shape index (κ1) is 16.9. The summed E-state index contributed by atoms with van der Waals surface area (Å²) in [7, 11) is 0. The Morgan fingerprint density at radius 1 is 1.32 bits per heavy atom. The fourth-order valence-electron chi connectivity index (χ4n) is 2.93. The SMILES string of the molecule is CCC(C(=O)N1C(C(=O)O)CSC1C(C)C)c1ccccc1.